The molecule has 2 aromatic rings. The number of aromatic nitrogens is 1. The molecule has 1 aliphatic heterocycles. The summed E-state index contributed by atoms with van der Waals surface area (Å²) in [5, 5.41) is 17.1. The van der Waals surface area contributed by atoms with Crippen molar-refractivity contribution in [2.24, 2.45) is 5.92 Å². The van der Waals surface area contributed by atoms with Gasteiger partial charge in [0.15, 0.2) is 5.13 Å². The molecule has 0 amide bonds. The van der Waals surface area contributed by atoms with Gasteiger partial charge in [0.25, 0.3) is 0 Å². The molecule has 25 heavy (non-hydrogen) atoms. The Morgan fingerprint density at radius 2 is 2.28 bits per heavy atom. The van der Waals surface area contributed by atoms with Crippen LogP contribution >= 0.6 is 11.3 Å². The number of nitrogens with one attached hydrogen (secondary N) is 2. The number of rotatable bonds is 5. The highest BCUT2D eigenvalue weighted by molar-refractivity contribution is 7.22. The molecule has 6 heteroatoms. The van der Waals surface area contributed by atoms with Crippen molar-refractivity contribution in [2.45, 2.75) is 32.5 Å². The lowest BCUT2D eigenvalue weighted by Gasteiger charge is -2.22. The van der Waals surface area contributed by atoms with E-state index < -0.39 is 12.3 Å². The van der Waals surface area contributed by atoms with Crippen LogP contribution in [0.15, 0.2) is 35.5 Å². The Balaban J connectivity index is 1.57. The summed E-state index contributed by atoms with van der Waals surface area (Å²) in [5.74, 6) is 0.151. The van der Waals surface area contributed by atoms with Crippen LogP contribution in [0.4, 0.5) is 9.52 Å². The number of anilines is 1. The second-order valence-electron chi connectivity index (χ2n) is 6.88. The number of alkyl halides is 1. The van der Waals surface area contributed by atoms with Gasteiger partial charge >= 0.3 is 0 Å². The predicted octanol–water partition coefficient (Wildman–Crippen LogP) is 3.71. The minimum Gasteiger partial charge on any atom is -0.387 e. The lowest BCUT2D eigenvalue weighted by molar-refractivity contribution is 0.223. The summed E-state index contributed by atoms with van der Waals surface area (Å²) in [7, 11) is 0. The van der Waals surface area contributed by atoms with Crippen LogP contribution in [0, 0.1) is 5.92 Å². The minimum atomic E-state index is -0.637. The molecular weight excluding hydrogens is 337 g/mol. The molecule has 0 radical (unpaired) electrons. The van der Waals surface area contributed by atoms with Crippen molar-refractivity contribution in [1.82, 2.24) is 10.3 Å². The molecule has 3 atom stereocenters. The van der Waals surface area contributed by atoms with E-state index in [1.165, 1.54) is 5.57 Å². The summed E-state index contributed by atoms with van der Waals surface area (Å²) in [5.41, 5.74) is 5.33. The first-order valence-electron chi connectivity index (χ1n) is 8.63. The molecule has 4 nitrogen and oxygen atoms in total. The van der Waals surface area contributed by atoms with Crippen LogP contribution in [0.3, 0.4) is 0 Å². The average molecular weight is 359 g/mol. The number of benzene rings is 1. The van der Waals surface area contributed by atoms with Gasteiger partial charge in [0, 0.05) is 24.7 Å². The summed E-state index contributed by atoms with van der Waals surface area (Å²) in [6.07, 6.45) is 1.55. The number of halogens is 1. The fourth-order valence-corrected chi connectivity index (χ4v) is 3.98. The Morgan fingerprint density at radius 3 is 2.96 bits per heavy atom. The van der Waals surface area contributed by atoms with Crippen LogP contribution in [0.5, 0.6) is 0 Å². The van der Waals surface area contributed by atoms with Crippen LogP contribution in [-0.4, -0.2) is 35.5 Å². The van der Waals surface area contributed by atoms with Crippen molar-refractivity contribution in [3.05, 3.63) is 41.1 Å². The Bertz CT molecular complexity index is 871. The third-order valence-electron chi connectivity index (χ3n) is 4.86. The normalized spacial score (nSPS) is 24.1. The molecule has 1 aliphatic carbocycles. The van der Waals surface area contributed by atoms with E-state index in [0.717, 1.165) is 32.2 Å². The topological polar surface area (TPSA) is 57.2 Å². The Kier molecular flexibility index (Phi) is 4.25. The maximum absolute atomic E-state index is 13.0. The van der Waals surface area contributed by atoms with Crippen LogP contribution < -0.4 is 10.6 Å². The maximum Gasteiger partial charge on any atom is 0.183 e. The van der Waals surface area contributed by atoms with Crippen LogP contribution in [0.2, 0.25) is 0 Å². The highest BCUT2D eigenvalue weighted by atomic mass is 32.1. The summed E-state index contributed by atoms with van der Waals surface area (Å²) < 4.78 is 14.1. The van der Waals surface area contributed by atoms with Crippen LogP contribution in [0.1, 0.15) is 25.8 Å². The van der Waals surface area contributed by atoms with Gasteiger partial charge in [-0.05, 0) is 55.2 Å². The van der Waals surface area contributed by atoms with E-state index in [1.807, 2.05) is 6.08 Å². The van der Waals surface area contributed by atoms with Crippen molar-refractivity contribution in [3.63, 3.8) is 0 Å². The molecular formula is C19H22FN3OS. The largest absolute Gasteiger partial charge is 0.387 e. The number of thiazole rings is 1. The standard InChI is InChI=1S/C19H22FN3OS/c1-10-5-16(11(2)24)21-9-14(10)12-3-4-18-17(7-12)23-19(25-18)22-8-13-6-15(13)20/h3-5,7,11,13,15,21,24H,6,8-9H2,1-2H3,(H,22,23)/t11?,13-,15-/m0/s1. The first-order valence-corrected chi connectivity index (χ1v) is 9.45. The van der Waals surface area contributed by atoms with Gasteiger partial charge in [-0.15, -0.1) is 0 Å². The monoisotopic (exact) mass is 359 g/mol. The molecule has 3 N–H and O–H groups in total. The molecule has 1 fully saturated rings. The van der Waals surface area contributed by atoms with Crippen molar-refractivity contribution >= 4 is 32.3 Å². The fourth-order valence-electron chi connectivity index (χ4n) is 3.13. The Labute approximate surface area is 150 Å². The number of aliphatic hydroxyl groups excluding tert-OH is 1. The summed E-state index contributed by atoms with van der Waals surface area (Å²) in [6, 6.07) is 6.31. The Morgan fingerprint density at radius 1 is 1.48 bits per heavy atom. The first-order chi connectivity index (χ1) is 12.0. The van der Waals surface area contributed by atoms with Gasteiger partial charge in [-0.2, -0.15) is 0 Å². The molecule has 0 spiro atoms. The lowest BCUT2D eigenvalue weighted by atomic mass is 9.96. The number of fused-ring (bicyclic) bond motifs is 1. The summed E-state index contributed by atoms with van der Waals surface area (Å²) >= 11 is 1.61. The lowest BCUT2D eigenvalue weighted by Crippen LogP contribution is -2.27. The SMILES string of the molecule is CC1=C(c2ccc3sc(NC[C@@H]4C[C@@H]4F)nc3c2)CNC(C(C)O)=C1. The number of allylic oxidation sites excluding steroid dienone is 2. The maximum atomic E-state index is 13.0. The molecule has 1 aromatic heterocycles. The average Bonchev–Trinajstić information content (AvgIpc) is 3.14. The van der Waals surface area contributed by atoms with E-state index in [-0.39, 0.29) is 5.92 Å². The number of dihydropyridines is 1. The molecule has 1 unspecified atom stereocenters. The Hall–Kier alpha value is -1.92. The van der Waals surface area contributed by atoms with E-state index >= 15 is 0 Å². The molecule has 0 bridgehead atoms. The molecule has 132 valence electrons. The molecule has 0 saturated heterocycles. The molecule has 4 rings (SSSR count). The fraction of sp³-hybridized carbons (Fsp3) is 0.421. The first kappa shape index (κ1) is 16.5. The van der Waals surface area contributed by atoms with Crippen molar-refractivity contribution in [3.8, 4) is 0 Å². The zero-order valence-corrected chi connectivity index (χ0v) is 15.2. The zero-order valence-electron chi connectivity index (χ0n) is 14.3. The van der Waals surface area contributed by atoms with Crippen molar-refractivity contribution in [2.75, 3.05) is 18.4 Å². The van der Waals surface area contributed by atoms with Gasteiger partial charge in [0.1, 0.15) is 6.17 Å². The number of nitrogens with zero attached hydrogens (tertiary/aromatic N) is 1. The van der Waals surface area contributed by atoms with Gasteiger partial charge in [0.05, 0.1) is 16.3 Å². The van der Waals surface area contributed by atoms with E-state index in [4.69, 9.17) is 0 Å². The summed E-state index contributed by atoms with van der Waals surface area (Å²) in [6.45, 7) is 5.19. The highest BCUT2D eigenvalue weighted by Crippen LogP contribution is 2.35. The number of hydrogen-bond acceptors (Lipinski definition) is 5. The zero-order chi connectivity index (χ0) is 17.6. The highest BCUT2D eigenvalue weighted by Gasteiger charge is 2.37. The van der Waals surface area contributed by atoms with Gasteiger partial charge in [-0.3, -0.25) is 0 Å². The molecule has 1 saturated carbocycles. The molecule has 1 aromatic carbocycles. The van der Waals surface area contributed by atoms with Crippen molar-refractivity contribution in [1.29, 1.82) is 0 Å². The van der Waals surface area contributed by atoms with Gasteiger partial charge in [-0.1, -0.05) is 17.4 Å². The van der Waals surface area contributed by atoms with Gasteiger partial charge < -0.3 is 15.7 Å². The molecule has 2 heterocycles. The predicted molar refractivity (Wildman–Crippen MR) is 101 cm³/mol. The minimum absolute atomic E-state index is 0.151. The van der Waals surface area contributed by atoms with E-state index in [2.05, 4.69) is 40.7 Å². The molecule has 2 aliphatic rings. The second-order valence-corrected chi connectivity index (χ2v) is 7.92. The third kappa shape index (κ3) is 3.41. The smallest absolute Gasteiger partial charge is 0.183 e. The summed E-state index contributed by atoms with van der Waals surface area (Å²) in [4.78, 5) is 4.65. The van der Waals surface area contributed by atoms with Crippen LogP contribution in [0.25, 0.3) is 15.8 Å². The number of aliphatic hydroxyl groups is 1. The quantitative estimate of drug-likeness (QED) is 0.762. The number of hydrogen-bond donors (Lipinski definition) is 3. The van der Waals surface area contributed by atoms with Gasteiger partial charge in [-0.25, -0.2) is 9.37 Å². The van der Waals surface area contributed by atoms with E-state index in [9.17, 15) is 9.50 Å². The van der Waals surface area contributed by atoms with Crippen LogP contribution in [-0.2, 0) is 0 Å². The second kappa shape index (κ2) is 6.42. The van der Waals surface area contributed by atoms with Crippen molar-refractivity contribution < 1.29 is 9.50 Å². The van der Waals surface area contributed by atoms with E-state index in [1.54, 1.807) is 18.3 Å². The van der Waals surface area contributed by atoms with Gasteiger partial charge in [0.2, 0.25) is 0 Å². The third-order valence-corrected chi connectivity index (χ3v) is 5.85. The van der Waals surface area contributed by atoms with E-state index in [0.29, 0.717) is 19.5 Å².